The molecule has 8 rings (SSSR count). The fourth-order valence-electron chi connectivity index (χ4n) is 13.6. The van der Waals surface area contributed by atoms with Crippen LogP contribution in [0.4, 0.5) is 0 Å². The van der Waals surface area contributed by atoms with Crippen LogP contribution in [0.15, 0.2) is 72.3 Å². The van der Waals surface area contributed by atoms with Crippen LogP contribution in [0.3, 0.4) is 0 Å². The Morgan fingerprint density at radius 3 is 2.19 bits per heavy atom. The summed E-state index contributed by atoms with van der Waals surface area (Å²) in [6.45, 7) is 14.3. The van der Waals surface area contributed by atoms with Crippen molar-refractivity contribution in [3.8, 4) is 0 Å². The Kier molecular flexibility index (Phi) is 15.0. The molecule has 13 atom stereocenters. The van der Waals surface area contributed by atoms with Crippen molar-refractivity contribution in [3.05, 3.63) is 72.3 Å². The van der Waals surface area contributed by atoms with Crippen molar-refractivity contribution in [2.75, 3.05) is 6.54 Å². The lowest BCUT2D eigenvalue weighted by Crippen LogP contribution is -2.64. The highest BCUT2D eigenvalue weighted by Crippen LogP contribution is 2.68. The van der Waals surface area contributed by atoms with Crippen molar-refractivity contribution in [2.24, 2.45) is 40.4 Å². The summed E-state index contributed by atoms with van der Waals surface area (Å²) in [6, 6.07) is 11.4. The standard InChI is InChI=1S/C56H71N5O12/c1-9-45(65)73-56(24-21-38-37-27-31(4)39-28-34(62)20-23-54(39,7)46(37)43(63)29-55(38,56)8)48(66)53(71)72-52(70)47(30(2)3)59-50(68)42-19-14-25-61(42)51(69)33(6)58-49(67)32(5)57-44(64)22-26-60-40-17-12-10-15-35(40)36-16-11-13-18-41(36)60/h10-13,15-18,20,23,28,30-33,37-38,42-43,46-47,53,63,71H,9,14,19,21-22,24-27,29H2,1-8H3,(H,57,64)(H,58,67)(H,59,68)/t31-,32-,33-,37?,38?,42-,43-,46?,47-,53?,54-,55-,56-/m0/s1. The number of aryl methyl sites for hydroxylation is 1. The van der Waals surface area contributed by atoms with Gasteiger partial charge in [-0.3, -0.25) is 33.6 Å². The van der Waals surface area contributed by atoms with E-state index in [1.54, 1.807) is 33.8 Å². The van der Waals surface area contributed by atoms with Gasteiger partial charge in [-0.05, 0) is 100 Å². The third-order valence-corrected chi connectivity index (χ3v) is 17.2. The smallest absolute Gasteiger partial charge is 0.331 e. The van der Waals surface area contributed by atoms with Crippen LogP contribution >= 0.6 is 0 Å². The van der Waals surface area contributed by atoms with Crippen LogP contribution in [0.5, 0.6) is 0 Å². The van der Waals surface area contributed by atoms with E-state index in [2.05, 4.69) is 20.5 Å². The molecule has 0 bridgehead atoms. The van der Waals surface area contributed by atoms with Crippen molar-refractivity contribution >= 4 is 68.9 Å². The highest BCUT2D eigenvalue weighted by atomic mass is 16.6. The van der Waals surface area contributed by atoms with E-state index in [1.165, 1.54) is 24.8 Å². The zero-order valence-electron chi connectivity index (χ0n) is 43.1. The van der Waals surface area contributed by atoms with E-state index in [4.69, 9.17) is 9.47 Å². The molecule has 4 amide bonds. The second-order valence-corrected chi connectivity index (χ2v) is 22.0. The minimum Gasteiger partial charge on any atom is -0.450 e. The number of benzene rings is 2. The molecule has 4 fully saturated rings. The Morgan fingerprint density at radius 2 is 1.55 bits per heavy atom. The maximum Gasteiger partial charge on any atom is 0.331 e. The number of hydrogen-bond acceptors (Lipinski definition) is 12. The number of fused-ring (bicyclic) bond motifs is 8. The second-order valence-electron chi connectivity index (χ2n) is 22.0. The molecule has 73 heavy (non-hydrogen) atoms. The molecular weight excluding hydrogens is 935 g/mol. The van der Waals surface area contributed by atoms with Crippen LogP contribution in [0.2, 0.25) is 0 Å². The highest BCUT2D eigenvalue weighted by Gasteiger charge is 2.72. The number of hydrogen-bond donors (Lipinski definition) is 5. The van der Waals surface area contributed by atoms with Gasteiger partial charge in [-0.2, -0.15) is 0 Å². The average Bonchev–Trinajstić information content (AvgIpc) is 4.05. The number of ketones is 2. The van der Waals surface area contributed by atoms with E-state index in [-0.39, 0.29) is 74.0 Å². The number of nitrogens with one attached hydrogen (secondary N) is 3. The van der Waals surface area contributed by atoms with E-state index in [0.29, 0.717) is 25.8 Å². The van der Waals surface area contributed by atoms with Gasteiger partial charge < -0.3 is 45.1 Å². The molecule has 17 heteroatoms. The van der Waals surface area contributed by atoms with Gasteiger partial charge >= 0.3 is 11.9 Å². The Morgan fingerprint density at radius 1 is 0.890 bits per heavy atom. The molecule has 17 nitrogen and oxygen atoms in total. The van der Waals surface area contributed by atoms with Crippen LogP contribution < -0.4 is 16.0 Å². The third kappa shape index (κ3) is 9.51. The Hall–Kier alpha value is -6.20. The summed E-state index contributed by atoms with van der Waals surface area (Å²) in [5.74, 6) is -6.47. The SMILES string of the molecule is CCC(=O)O[C@]1(C(=O)C(O)OC(=O)[C@@H](NC(=O)[C@@H]2CCCN2C(=O)[C@H](C)NC(=O)[C@H](C)NC(=O)CCn2c3ccccc3c3ccccc32)C(C)C)CCC2C3C[C@H](C)C4=CC(=O)C=C[C@]4(C)C3[C@@H](O)C[C@@]21C. The molecule has 2 aromatic carbocycles. The van der Waals surface area contributed by atoms with Gasteiger partial charge in [0.1, 0.15) is 24.2 Å². The van der Waals surface area contributed by atoms with E-state index in [9.17, 15) is 48.6 Å². The normalized spacial score (nSPS) is 30.0. The fourth-order valence-corrected chi connectivity index (χ4v) is 13.6. The lowest BCUT2D eigenvalue weighted by molar-refractivity contribution is -0.215. The summed E-state index contributed by atoms with van der Waals surface area (Å²) in [4.78, 5) is 110. The van der Waals surface area contributed by atoms with Crippen molar-refractivity contribution in [3.63, 3.8) is 0 Å². The summed E-state index contributed by atoms with van der Waals surface area (Å²) in [7, 11) is 0. The number of carbonyl (C=O) groups excluding carboxylic acids is 8. The number of Topliss-reactive ketones (excluding diaryl/α,β-unsaturated/α-hetero) is 1. The number of allylic oxidation sites excluding steroid dienone is 4. The molecule has 3 saturated carbocycles. The van der Waals surface area contributed by atoms with Crippen molar-refractivity contribution in [2.45, 2.75) is 155 Å². The predicted molar refractivity (Wildman–Crippen MR) is 270 cm³/mol. The van der Waals surface area contributed by atoms with E-state index < -0.39 is 94.4 Å². The van der Waals surface area contributed by atoms with Gasteiger partial charge in [0, 0.05) is 64.5 Å². The number of aliphatic hydroxyl groups is 2. The lowest BCUT2D eigenvalue weighted by Gasteiger charge is -2.61. The second kappa shape index (κ2) is 20.6. The predicted octanol–water partition coefficient (Wildman–Crippen LogP) is 4.97. The summed E-state index contributed by atoms with van der Waals surface area (Å²) in [5, 5.41) is 33.9. The average molecular weight is 1010 g/mol. The maximum atomic E-state index is 14.8. The topological polar surface area (TPSA) is 240 Å². The van der Waals surface area contributed by atoms with Gasteiger partial charge in [0.05, 0.1) is 6.10 Å². The summed E-state index contributed by atoms with van der Waals surface area (Å²) < 4.78 is 13.7. The fraction of sp³-hybridized carbons (Fsp3) is 0.571. The van der Waals surface area contributed by atoms with Crippen LogP contribution in [0.25, 0.3) is 21.8 Å². The minimum absolute atomic E-state index is 0.0121. The number of para-hydroxylation sites is 2. The van der Waals surface area contributed by atoms with Crippen LogP contribution in [0, 0.1) is 40.4 Å². The van der Waals surface area contributed by atoms with Crippen LogP contribution in [-0.2, 0) is 54.4 Å². The molecule has 5 aliphatic rings. The molecule has 0 radical (unpaired) electrons. The zero-order chi connectivity index (χ0) is 52.9. The largest absolute Gasteiger partial charge is 0.450 e. The molecule has 5 N–H and O–H groups in total. The van der Waals surface area contributed by atoms with Gasteiger partial charge in [0.2, 0.25) is 29.4 Å². The van der Waals surface area contributed by atoms with Gasteiger partial charge in [0.25, 0.3) is 6.29 Å². The number of likely N-dealkylation sites (tertiary alicyclic amines) is 1. The monoisotopic (exact) mass is 1010 g/mol. The molecule has 4 unspecified atom stereocenters. The minimum atomic E-state index is -2.41. The van der Waals surface area contributed by atoms with E-state index >= 15 is 0 Å². The molecule has 1 saturated heterocycles. The van der Waals surface area contributed by atoms with Crippen molar-refractivity contribution in [1.82, 2.24) is 25.4 Å². The number of aromatic nitrogens is 1. The first-order valence-corrected chi connectivity index (χ1v) is 26.0. The number of rotatable bonds is 16. The number of carbonyl (C=O) groups is 8. The quantitative estimate of drug-likeness (QED) is 0.0945. The van der Waals surface area contributed by atoms with E-state index in [0.717, 1.165) is 27.4 Å². The molecular formula is C56H71N5O12. The molecule has 392 valence electrons. The Bertz CT molecular complexity index is 2730. The number of aliphatic hydroxyl groups excluding tert-OH is 2. The molecule has 3 aromatic rings. The first kappa shape index (κ1) is 53.1. The first-order chi connectivity index (χ1) is 34.6. The summed E-state index contributed by atoms with van der Waals surface area (Å²) >= 11 is 0. The van der Waals surface area contributed by atoms with Gasteiger partial charge in [-0.15, -0.1) is 0 Å². The van der Waals surface area contributed by atoms with Crippen LogP contribution in [-0.4, -0.2) is 116 Å². The molecule has 1 aliphatic heterocycles. The molecule has 4 aliphatic carbocycles. The molecule has 0 spiro atoms. The Labute approximate surface area is 425 Å². The van der Waals surface area contributed by atoms with Gasteiger partial charge in [0.15, 0.2) is 11.4 Å². The number of esters is 2. The van der Waals surface area contributed by atoms with Crippen LogP contribution in [0.1, 0.15) is 107 Å². The maximum absolute atomic E-state index is 14.8. The lowest BCUT2D eigenvalue weighted by atomic mass is 9.44. The van der Waals surface area contributed by atoms with Crippen molar-refractivity contribution < 1.29 is 58.0 Å². The zero-order valence-corrected chi connectivity index (χ0v) is 43.1. The van der Waals surface area contributed by atoms with Gasteiger partial charge in [-0.25, -0.2) is 4.79 Å². The summed E-state index contributed by atoms with van der Waals surface area (Å²) in [6.07, 6.45) is 3.49. The number of nitrogens with zero attached hydrogens (tertiary/aromatic N) is 2. The summed E-state index contributed by atoms with van der Waals surface area (Å²) in [5.41, 5.74) is -0.835. The molecule has 1 aromatic heterocycles. The highest BCUT2D eigenvalue weighted by molar-refractivity contribution is 6.08. The Balaban J connectivity index is 0.886. The first-order valence-electron chi connectivity index (χ1n) is 26.0. The number of ether oxygens (including phenoxy) is 2. The van der Waals surface area contributed by atoms with Gasteiger partial charge in [-0.1, -0.05) is 89.6 Å². The number of amides is 4. The molecule has 2 heterocycles. The third-order valence-electron chi connectivity index (χ3n) is 17.2. The van der Waals surface area contributed by atoms with E-state index in [1.807, 2.05) is 68.5 Å². The van der Waals surface area contributed by atoms with Crippen molar-refractivity contribution in [1.29, 1.82) is 0 Å².